The van der Waals surface area contributed by atoms with Crippen LogP contribution in [0.2, 0.25) is 0 Å². The van der Waals surface area contributed by atoms with Crippen LogP contribution in [0.1, 0.15) is 68.0 Å². The third-order valence-corrected chi connectivity index (χ3v) is 6.63. The van der Waals surface area contributed by atoms with Gasteiger partial charge in [-0.1, -0.05) is 22.9 Å². The van der Waals surface area contributed by atoms with Gasteiger partial charge in [-0.3, -0.25) is 0 Å². The highest BCUT2D eigenvalue weighted by atomic mass is 79.9. The second-order valence-corrected chi connectivity index (χ2v) is 7.92. The van der Waals surface area contributed by atoms with Crippen LogP contribution in [0.5, 0.6) is 0 Å². The normalized spacial score (nSPS) is 41.7. The van der Waals surface area contributed by atoms with Crippen LogP contribution in [0.15, 0.2) is 4.42 Å². The minimum absolute atomic E-state index is 0.214. The molecule has 4 aliphatic rings. The van der Waals surface area contributed by atoms with Crippen molar-refractivity contribution >= 4 is 15.9 Å². The molecule has 0 aromatic carbocycles. The fourth-order valence-electron chi connectivity index (χ4n) is 5.01. The van der Waals surface area contributed by atoms with Crippen molar-refractivity contribution in [1.82, 2.24) is 10.2 Å². The Kier molecular flexibility index (Phi) is 2.98. The molecule has 0 aliphatic heterocycles. The zero-order valence-corrected chi connectivity index (χ0v) is 13.0. The second kappa shape index (κ2) is 4.57. The number of hydrogen-bond acceptors (Lipinski definition) is 3. The number of nitrogens with zero attached hydrogens (tertiary/aromatic N) is 2. The number of alkyl halides is 1. The molecule has 1 unspecified atom stereocenters. The zero-order chi connectivity index (χ0) is 13.0. The van der Waals surface area contributed by atoms with Crippen LogP contribution < -0.4 is 0 Å². The van der Waals surface area contributed by atoms with Crippen molar-refractivity contribution in [2.24, 2.45) is 23.7 Å². The lowest BCUT2D eigenvalue weighted by molar-refractivity contribution is -0.0118. The number of rotatable bonds is 3. The van der Waals surface area contributed by atoms with Gasteiger partial charge in [0, 0.05) is 5.92 Å². The molecule has 3 nitrogen and oxygen atoms in total. The fourth-order valence-corrected chi connectivity index (χ4v) is 5.20. The van der Waals surface area contributed by atoms with Gasteiger partial charge in [0.15, 0.2) is 0 Å². The van der Waals surface area contributed by atoms with E-state index < -0.39 is 0 Å². The molecule has 19 heavy (non-hydrogen) atoms. The van der Waals surface area contributed by atoms with E-state index in [1.807, 2.05) is 0 Å². The summed E-state index contributed by atoms with van der Waals surface area (Å²) in [7, 11) is 0. The molecule has 4 heteroatoms. The number of aromatic nitrogens is 2. The Bertz CT molecular complexity index is 444. The van der Waals surface area contributed by atoms with Crippen molar-refractivity contribution in [3.05, 3.63) is 11.8 Å². The van der Waals surface area contributed by atoms with Gasteiger partial charge in [0.2, 0.25) is 11.8 Å². The van der Waals surface area contributed by atoms with Gasteiger partial charge >= 0.3 is 0 Å². The van der Waals surface area contributed by atoms with Gasteiger partial charge in [0.1, 0.15) is 0 Å². The molecule has 0 radical (unpaired) electrons. The Morgan fingerprint density at radius 2 is 1.74 bits per heavy atom. The van der Waals surface area contributed by atoms with Crippen LogP contribution in [0.4, 0.5) is 0 Å². The van der Waals surface area contributed by atoms with E-state index in [9.17, 15) is 0 Å². The van der Waals surface area contributed by atoms with Crippen LogP contribution in [-0.2, 0) is 0 Å². The molecule has 4 bridgehead atoms. The molecule has 1 aromatic rings. The molecule has 4 saturated carbocycles. The van der Waals surface area contributed by atoms with Gasteiger partial charge in [-0.2, -0.15) is 0 Å². The largest absolute Gasteiger partial charge is 0.424 e. The van der Waals surface area contributed by atoms with Crippen molar-refractivity contribution in [2.75, 3.05) is 0 Å². The van der Waals surface area contributed by atoms with Gasteiger partial charge in [-0.25, -0.2) is 0 Å². The maximum atomic E-state index is 5.99. The quantitative estimate of drug-likeness (QED) is 0.771. The second-order valence-electron chi connectivity index (χ2n) is 6.81. The molecule has 0 spiro atoms. The molecule has 4 fully saturated rings. The summed E-state index contributed by atoms with van der Waals surface area (Å²) in [5, 5.41) is 8.64. The van der Waals surface area contributed by atoms with E-state index in [1.54, 1.807) is 0 Å². The molecule has 0 amide bonds. The molecule has 1 atom stereocenters. The number of hydrogen-bond donors (Lipinski definition) is 0. The summed E-state index contributed by atoms with van der Waals surface area (Å²) >= 11 is 3.60. The summed E-state index contributed by atoms with van der Waals surface area (Å²) in [6, 6.07) is 0. The molecular formula is C15H21BrN2O. The van der Waals surface area contributed by atoms with Gasteiger partial charge in [0.25, 0.3) is 0 Å². The summed E-state index contributed by atoms with van der Waals surface area (Å²) in [5.74, 6) is 5.90. The summed E-state index contributed by atoms with van der Waals surface area (Å²) in [4.78, 5) is 0.214. The van der Waals surface area contributed by atoms with Gasteiger partial charge < -0.3 is 4.42 Å². The van der Waals surface area contributed by atoms with Gasteiger partial charge in [-0.05, 0) is 62.2 Å². The van der Waals surface area contributed by atoms with Gasteiger partial charge in [-0.15, -0.1) is 10.2 Å². The third kappa shape index (κ3) is 1.98. The summed E-state index contributed by atoms with van der Waals surface area (Å²) in [6.07, 6.45) is 8.10. The Morgan fingerprint density at radius 3 is 2.32 bits per heavy atom. The Morgan fingerprint density at radius 1 is 1.11 bits per heavy atom. The smallest absolute Gasteiger partial charge is 0.230 e. The predicted octanol–water partition coefficient (Wildman–Crippen LogP) is 4.46. The minimum Gasteiger partial charge on any atom is -0.424 e. The fraction of sp³-hybridized carbons (Fsp3) is 0.867. The maximum Gasteiger partial charge on any atom is 0.230 e. The Balaban J connectivity index is 1.60. The van der Waals surface area contributed by atoms with E-state index in [-0.39, 0.29) is 4.83 Å². The molecule has 5 rings (SSSR count). The number of halogens is 1. The minimum atomic E-state index is 0.214. The van der Waals surface area contributed by atoms with Gasteiger partial charge in [0.05, 0.1) is 4.83 Å². The standard InChI is InChI=1S/C15H21BrN2O/c1-2-12(16)14-17-18-15(19-14)13-10-4-8-3-9(6-10)7-11(13)5-8/h8-13H,2-7H2,1H3. The molecular weight excluding hydrogens is 304 g/mol. The molecule has 4 aliphatic carbocycles. The highest BCUT2D eigenvalue weighted by Crippen LogP contribution is 2.59. The monoisotopic (exact) mass is 324 g/mol. The van der Waals surface area contributed by atoms with Crippen LogP contribution in [0.25, 0.3) is 0 Å². The first-order chi connectivity index (χ1) is 9.24. The van der Waals surface area contributed by atoms with E-state index in [0.717, 1.165) is 41.9 Å². The van der Waals surface area contributed by atoms with Crippen molar-refractivity contribution in [3.8, 4) is 0 Å². The Hall–Kier alpha value is -0.380. The lowest BCUT2D eigenvalue weighted by Crippen LogP contribution is -2.43. The van der Waals surface area contributed by atoms with E-state index in [4.69, 9.17) is 4.42 Å². The van der Waals surface area contributed by atoms with Crippen LogP contribution >= 0.6 is 15.9 Å². The van der Waals surface area contributed by atoms with Crippen LogP contribution in [-0.4, -0.2) is 10.2 Å². The molecule has 0 saturated heterocycles. The molecule has 1 heterocycles. The predicted molar refractivity (Wildman–Crippen MR) is 76.0 cm³/mol. The third-order valence-electron chi connectivity index (χ3n) is 5.59. The van der Waals surface area contributed by atoms with Crippen molar-refractivity contribution in [3.63, 3.8) is 0 Å². The van der Waals surface area contributed by atoms with E-state index in [2.05, 4.69) is 33.1 Å². The first-order valence-corrected chi connectivity index (χ1v) is 8.63. The molecule has 104 valence electrons. The summed E-state index contributed by atoms with van der Waals surface area (Å²) < 4.78 is 5.99. The topological polar surface area (TPSA) is 38.9 Å². The summed E-state index contributed by atoms with van der Waals surface area (Å²) in [5.41, 5.74) is 0. The van der Waals surface area contributed by atoms with Crippen LogP contribution in [0, 0.1) is 23.7 Å². The van der Waals surface area contributed by atoms with Crippen molar-refractivity contribution in [2.45, 2.75) is 56.2 Å². The maximum absolute atomic E-state index is 5.99. The SMILES string of the molecule is CCC(Br)c1nnc(C2C3CC4CC(C3)CC2C4)o1. The van der Waals surface area contributed by atoms with E-state index in [1.165, 1.54) is 32.1 Å². The molecule has 1 aromatic heterocycles. The average molecular weight is 325 g/mol. The summed E-state index contributed by atoms with van der Waals surface area (Å²) in [6.45, 7) is 2.13. The van der Waals surface area contributed by atoms with E-state index in [0.29, 0.717) is 5.92 Å². The Labute approximate surface area is 122 Å². The first-order valence-electron chi connectivity index (χ1n) is 7.72. The van der Waals surface area contributed by atoms with Crippen LogP contribution in [0.3, 0.4) is 0 Å². The highest BCUT2D eigenvalue weighted by Gasteiger charge is 2.50. The lowest BCUT2D eigenvalue weighted by atomic mass is 9.52. The zero-order valence-electron chi connectivity index (χ0n) is 11.4. The van der Waals surface area contributed by atoms with E-state index >= 15 is 0 Å². The first kappa shape index (κ1) is 12.4. The van der Waals surface area contributed by atoms with Crippen molar-refractivity contribution in [1.29, 1.82) is 0 Å². The highest BCUT2D eigenvalue weighted by molar-refractivity contribution is 9.09. The average Bonchev–Trinajstić information content (AvgIpc) is 2.86. The lowest BCUT2D eigenvalue weighted by Gasteiger charge is -2.53. The van der Waals surface area contributed by atoms with Crippen molar-refractivity contribution < 1.29 is 4.42 Å². The molecule has 0 N–H and O–H groups in total.